The lowest BCUT2D eigenvalue weighted by atomic mass is 9.95. The molecule has 1 fully saturated rings. The third-order valence-corrected chi connectivity index (χ3v) is 5.33. The molecule has 1 aromatic carbocycles. The van der Waals surface area contributed by atoms with Crippen molar-refractivity contribution in [2.45, 2.75) is 19.3 Å². The zero-order chi connectivity index (χ0) is 21.5. The van der Waals surface area contributed by atoms with Crippen molar-refractivity contribution in [3.05, 3.63) is 67.4 Å². The van der Waals surface area contributed by atoms with Crippen molar-refractivity contribution in [2.75, 3.05) is 25.0 Å². The van der Waals surface area contributed by atoms with Crippen molar-refractivity contribution < 1.29 is 14.3 Å². The fourth-order valence-electron chi connectivity index (χ4n) is 3.57. The second kappa shape index (κ2) is 9.88. The topological polar surface area (TPSA) is 89.4 Å². The molecule has 8 heteroatoms. The number of aromatic nitrogens is 3. The van der Waals surface area contributed by atoms with E-state index in [0.717, 1.165) is 11.6 Å². The average molecular weight is 419 g/mol. The predicted octanol–water partition coefficient (Wildman–Crippen LogP) is 2.91. The van der Waals surface area contributed by atoms with E-state index in [9.17, 15) is 9.59 Å². The summed E-state index contributed by atoms with van der Waals surface area (Å²) in [5.74, 6) is 1.42. The number of rotatable bonds is 7. The highest BCUT2D eigenvalue weighted by Gasteiger charge is 2.27. The quantitative estimate of drug-likeness (QED) is 0.636. The molecule has 8 nitrogen and oxygen atoms in total. The summed E-state index contributed by atoms with van der Waals surface area (Å²) in [5, 5.41) is 2.93. The first kappa shape index (κ1) is 20.6. The van der Waals surface area contributed by atoms with Gasteiger partial charge in [0, 0.05) is 31.4 Å². The normalized spacial score (nSPS) is 14.3. The number of para-hydroxylation sites is 1. The van der Waals surface area contributed by atoms with E-state index in [-0.39, 0.29) is 17.7 Å². The van der Waals surface area contributed by atoms with E-state index in [4.69, 9.17) is 4.74 Å². The van der Waals surface area contributed by atoms with Crippen molar-refractivity contribution in [3.63, 3.8) is 0 Å². The molecule has 0 atom stereocenters. The van der Waals surface area contributed by atoms with Gasteiger partial charge >= 0.3 is 0 Å². The largest absolute Gasteiger partial charge is 0.493 e. The molecule has 0 radical (unpaired) electrons. The molecule has 4 rings (SSSR count). The number of pyridine rings is 1. The molecule has 1 aliphatic heterocycles. The van der Waals surface area contributed by atoms with Crippen molar-refractivity contribution in [2.24, 2.45) is 5.92 Å². The Morgan fingerprint density at radius 1 is 1.10 bits per heavy atom. The van der Waals surface area contributed by atoms with Crippen LogP contribution in [0.5, 0.6) is 5.75 Å². The number of ether oxygens (including phenoxy) is 1. The Bertz CT molecular complexity index is 982. The second-order valence-corrected chi connectivity index (χ2v) is 7.43. The minimum atomic E-state index is -0.113. The molecule has 0 spiro atoms. The first-order valence-electron chi connectivity index (χ1n) is 10.4. The number of likely N-dealkylation sites (tertiary alicyclic amines) is 1. The SMILES string of the molecule is O=C(Nc1ccc(-n2ccnc2)nc1)C1CCN(C(=O)CCOc2ccccc2)CC1. The predicted molar refractivity (Wildman–Crippen MR) is 116 cm³/mol. The smallest absolute Gasteiger partial charge is 0.227 e. The third-order valence-electron chi connectivity index (χ3n) is 5.33. The highest BCUT2D eigenvalue weighted by Crippen LogP contribution is 2.20. The minimum absolute atomic E-state index is 0.0308. The summed E-state index contributed by atoms with van der Waals surface area (Å²) in [6, 6.07) is 13.1. The number of benzene rings is 1. The highest BCUT2D eigenvalue weighted by molar-refractivity contribution is 5.92. The number of piperidine rings is 1. The van der Waals surface area contributed by atoms with Crippen LogP contribution in [-0.2, 0) is 9.59 Å². The van der Waals surface area contributed by atoms with Crippen LogP contribution >= 0.6 is 0 Å². The summed E-state index contributed by atoms with van der Waals surface area (Å²) in [7, 11) is 0. The van der Waals surface area contributed by atoms with Crippen LogP contribution < -0.4 is 10.1 Å². The Balaban J connectivity index is 1.20. The van der Waals surface area contributed by atoms with E-state index in [0.29, 0.717) is 44.6 Å². The van der Waals surface area contributed by atoms with Gasteiger partial charge in [0.1, 0.15) is 17.9 Å². The lowest BCUT2D eigenvalue weighted by Gasteiger charge is -2.31. The Morgan fingerprint density at radius 3 is 2.58 bits per heavy atom. The van der Waals surface area contributed by atoms with Gasteiger partial charge in [0.25, 0.3) is 0 Å². The van der Waals surface area contributed by atoms with E-state index in [1.54, 1.807) is 23.3 Å². The molecule has 2 aromatic heterocycles. The summed E-state index contributed by atoms with van der Waals surface area (Å²) in [6.07, 6.45) is 8.44. The first-order chi connectivity index (χ1) is 15.2. The lowest BCUT2D eigenvalue weighted by Crippen LogP contribution is -2.41. The van der Waals surface area contributed by atoms with Gasteiger partial charge in [-0.15, -0.1) is 0 Å². The standard InChI is InChI=1S/C23H25N5O3/c29-22(10-15-31-20-4-2-1-3-5-20)27-12-8-18(9-13-27)23(30)26-19-6-7-21(25-16-19)28-14-11-24-17-28/h1-7,11,14,16-18H,8-10,12-13,15H2,(H,26,30). The van der Waals surface area contributed by atoms with Gasteiger partial charge in [-0.3, -0.25) is 14.2 Å². The number of hydrogen-bond acceptors (Lipinski definition) is 5. The van der Waals surface area contributed by atoms with Gasteiger partial charge in [0.15, 0.2) is 0 Å². The summed E-state index contributed by atoms with van der Waals surface area (Å²) in [4.78, 5) is 35.2. The molecule has 2 amide bonds. The third kappa shape index (κ3) is 5.48. The molecule has 0 unspecified atom stereocenters. The maximum Gasteiger partial charge on any atom is 0.227 e. The van der Waals surface area contributed by atoms with E-state index in [1.165, 1.54) is 0 Å². The molecular weight excluding hydrogens is 394 g/mol. The van der Waals surface area contributed by atoms with E-state index in [2.05, 4.69) is 15.3 Å². The molecule has 160 valence electrons. The number of carbonyl (C=O) groups is 2. The Hall–Kier alpha value is -3.68. The second-order valence-electron chi connectivity index (χ2n) is 7.43. The van der Waals surface area contributed by atoms with Gasteiger partial charge in [0.05, 0.1) is 24.9 Å². The van der Waals surface area contributed by atoms with Crippen molar-refractivity contribution in [1.82, 2.24) is 19.4 Å². The molecule has 0 saturated carbocycles. The van der Waals surface area contributed by atoms with Crippen LogP contribution in [0.4, 0.5) is 5.69 Å². The Labute approximate surface area is 180 Å². The van der Waals surface area contributed by atoms with Crippen LogP contribution in [0.1, 0.15) is 19.3 Å². The molecule has 0 bridgehead atoms. The molecule has 1 aliphatic rings. The van der Waals surface area contributed by atoms with Crippen LogP contribution in [0.3, 0.4) is 0 Å². The number of nitrogens with one attached hydrogen (secondary N) is 1. The van der Waals surface area contributed by atoms with Crippen LogP contribution in [0.2, 0.25) is 0 Å². The van der Waals surface area contributed by atoms with Crippen LogP contribution in [0, 0.1) is 5.92 Å². The number of carbonyl (C=O) groups excluding carboxylic acids is 2. The number of anilines is 1. The van der Waals surface area contributed by atoms with E-state index in [1.807, 2.05) is 53.6 Å². The zero-order valence-corrected chi connectivity index (χ0v) is 17.2. The fourth-order valence-corrected chi connectivity index (χ4v) is 3.57. The Kier molecular flexibility index (Phi) is 6.56. The van der Waals surface area contributed by atoms with Gasteiger partial charge in [0.2, 0.25) is 11.8 Å². The summed E-state index contributed by atoms with van der Waals surface area (Å²) in [5.41, 5.74) is 0.658. The number of nitrogens with zero attached hydrogens (tertiary/aromatic N) is 4. The maximum absolute atomic E-state index is 12.6. The van der Waals surface area contributed by atoms with Crippen LogP contribution in [0.25, 0.3) is 5.82 Å². The van der Waals surface area contributed by atoms with Gasteiger partial charge < -0.3 is 15.0 Å². The van der Waals surface area contributed by atoms with Gasteiger partial charge in [-0.05, 0) is 37.1 Å². The Morgan fingerprint density at radius 2 is 1.90 bits per heavy atom. The molecule has 1 saturated heterocycles. The molecule has 1 N–H and O–H groups in total. The summed E-state index contributed by atoms with van der Waals surface area (Å²) in [6.45, 7) is 1.52. The number of hydrogen-bond donors (Lipinski definition) is 1. The molecule has 3 heterocycles. The summed E-state index contributed by atoms with van der Waals surface area (Å²) >= 11 is 0. The molecular formula is C23H25N5O3. The van der Waals surface area contributed by atoms with Crippen molar-refractivity contribution in [3.8, 4) is 11.6 Å². The van der Waals surface area contributed by atoms with E-state index >= 15 is 0 Å². The monoisotopic (exact) mass is 419 g/mol. The minimum Gasteiger partial charge on any atom is -0.493 e. The van der Waals surface area contributed by atoms with Crippen LogP contribution in [0.15, 0.2) is 67.4 Å². The van der Waals surface area contributed by atoms with Crippen molar-refractivity contribution in [1.29, 1.82) is 0 Å². The van der Waals surface area contributed by atoms with Crippen LogP contribution in [-0.4, -0.2) is 50.9 Å². The fraction of sp³-hybridized carbons (Fsp3) is 0.304. The number of imidazole rings is 1. The summed E-state index contributed by atoms with van der Waals surface area (Å²) < 4.78 is 7.40. The van der Waals surface area contributed by atoms with Gasteiger partial charge in [-0.25, -0.2) is 9.97 Å². The maximum atomic E-state index is 12.6. The van der Waals surface area contributed by atoms with E-state index < -0.39 is 0 Å². The van der Waals surface area contributed by atoms with Gasteiger partial charge in [-0.1, -0.05) is 18.2 Å². The number of amides is 2. The van der Waals surface area contributed by atoms with Crippen molar-refractivity contribution >= 4 is 17.5 Å². The zero-order valence-electron chi connectivity index (χ0n) is 17.2. The lowest BCUT2D eigenvalue weighted by molar-refractivity contribution is -0.135. The highest BCUT2D eigenvalue weighted by atomic mass is 16.5. The molecule has 0 aliphatic carbocycles. The molecule has 31 heavy (non-hydrogen) atoms. The molecule has 3 aromatic rings. The van der Waals surface area contributed by atoms with Gasteiger partial charge in [-0.2, -0.15) is 0 Å². The first-order valence-corrected chi connectivity index (χ1v) is 10.4. The average Bonchev–Trinajstić information content (AvgIpc) is 3.35.